The molecule has 4 heterocycles. The Morgan fingerprint density at radius 3 is 2.08 bits per heavy atom. The maximum atomic E-state index is 6.49. The van der Waals surface area contributed by atoms with Crippen molar-refractivity contribution in [2.45, 2.75) is 84.0 Å². The number of rotatable bonds is 9. The molecule has 0 aliphatic rings. The van der Waals surface area contributed by atoms with Gasteiger partial charge in [0.15, 0.2) is 0 Å². The van der Waals surface area contributed by atoms with Gasteiger partial charge >= 0.3 is 126 Å². The van der Waals surface area contributed by atoms with Crippen LogP contribution in [0, 0.1) is 25.0 Å². The second-order valence-corrected chi connectivity index (χ2v) is 28.9. The first-order valence-electron chi connectivity index (χ1n) is 21.7. The van der Waals surface area contributed by atoms with Gasteiger partial charge in [-0.15, -0.1) is 11.6 Å². The van der Waals surface area contributed by atoms with E-state index in [1.54, 1.807) is 10.6 Å². The van der Waals surface area contributed by atoms with E-state index in [-0.39, 0.29) is 31.9 Å². The Bertz CT molecular complexity index is 2950. The van der Waals surface area contributed by atoms with E-state index >= 15 is 0 Å². The van der Waals surface area contributed by atoms with Crippen LogP contribution in [-0.2, 0) is 26.5 Å². The van der Waals surface area contributed by atoms with Crippen molar-refractivity contribution < 1.29 is 24.5 Å². The smallest absolute Gasteiger partial charge is 0.119 e. The molecule has 9 aromatic rings. The first-order chi connectivity index (χ1) is 29.3. The Morgan fingerprint density at radius 1 is 0.726 bits per heavy atom. The van der Waals surface area contributed by atoms with Crippen molar-refractivity contribution in [3.05, 3.63) is 162 Å². The fourth-order valence-electron chi connectivity index (χ4n) is 8.50. The first-order valence-corrected chi connectivity index (χ1v) is 29.0. The minimum Gasteiger partial charge on any atom is -0.513 e. The maximum absolute atomic E-state index is 6.49. The van der Waals surface area contributed by atoms with E-state index in [0.29, 0.717) is 11.5 Å². The minimum absolute atomic E-state index is 0. The van der Waals surface area contributed by atoms with Crippen LogP contribution in [0.4, 0.5) is 0 Å². The summed E-state index contributed by atoms with van der Waals surface area (Å²) in [4.78, 5) is 14.6. The molecular weight excluding hydrogens is 997 g/mol. The number of imidazole rings is 1. The Kier molecular flexibility index (Phi) is 13.5. The van der Waals surface area contributed by atoms with Gasteiger partial charge in [-0.1, -0.05) is 82.3 Å². The number of para-hydroxylation sites is 2. The molecule has 0 aliphatic carbocycles. The number of hydrogen-bond acceptors (Lipinski definition) is 4. The molecule has 0 fully saturated rings. The van der Waals surface area contributed by atoms with Crippen molar-refractivity contribution in [2.75, 3.05) is 0 Å². The van der Waals surface area contributed by atoms with Crippen LogP contribution in [0.1, 0.15) is 75.6 Å². The number of benzene rings is 5. The van der Waals surface area contributed by atoms with E-state index in [4.69, 9.17) is 19.4 Å². The number of pyridine rings is 2. The fourth-order valence-corrected chi connectivity index (χ4v) is 11.8. The summed E-state index contributed by atoms with van der Waals surface area (Å²) in [6, 6.07) is 46.9. The Morgan fingerprint density at radius 2 is 1.42 bits per heavy atom. The maximum Gasteiger partial charge on any atom is 0.119 e. The molecule has 0 unspecified atom stereocenters. The molecule has 0 bridgehead atoms. The van der Waals surface area contributed by atoms with Crippen LogP contribution in [0.5, 0.6) is 0 Å². The van der Waals surface area contributed by atoms with E-state index in [1.807, 2.05) is 36.4 Å². The molecule has 5 aromatic carbocycles. The average molecular weight is 1050 g/mol. The van der Waals surface area contributed by atoms with Crippen LogP contribution in [0.15, 0.2) is 132 Å². The molecule has 1 radical (unpaired) electrons. The minimum atomic E-state index is -1.86. The van der Waals surface area contributed by atoms with Crippen LogP contribution in [0.3, 0.4) is 0 Å². The van der Waals surface area contributed by atoms with E-state index in [1.165, 1.54) is 33.5 Å². The normalized spacial score (nSPS) is 11.8. The topological polar surface area (TPSA) is 56.7 Å². The number of fused-ring (bicyclic) bond motifs is 4. The summed E-state index contributed by atoms with van der Waals surface area (Å²) < 4.78 is 10.4. The number of nitrogens with zero attached hydrogens (tertiary/aromatic N) is 4. The Labute approximate surface area is 383 Å². The van der Waals surface area contributed by atoms with Gasteiger partial charge in [-0.05, 0) is 83.1 Å². The third-order valence-corrected chi connectivity index (χ3v) is 15.8. The summed E-state index contributed by atoms with van der Waals surface area (Å²) in [6.07, 6.45) is 5.03. The molecule has 0 spiro atoms. The van der Waals surface area contributed by atoms with Gasteiger partial charge in [-0.3, -0.25) is 9.97 Å². The SMILES string of the molecule is CC(C)Cc1cc(-c2[c-]cccc2)nc[c]1[Ge]([CH3])([CH3])[CH3].Cc1cccc2oc3c(-c4nc5ccccc5n4-c4c(C(C)C)cc(-c5ccccc5)cc4C(C)C)[c-]cnc3c12.[Ir]. The van der Waals surface area contributed by atoms with Crippen molar-refractivity contribution in [1.82, 2.24) is 19.5 Å². The van der Waals surface area contributed by atoms with E-state index in [9.17, 15) is 0 Å². The van der Waals surface area contributed by atoms with Gasteiger partial charge in [0.25, 0.3) is 0 Å². The zero-order valence-electron chi connectivity index (χ0n) is 37.6. The zero-order chi connectivity index (χ0) is 43.0. The molecule has 0 saturated carbocycles. The fraction of sp³-hybridized carbons (Fsp3) is 0.255. The summed E-state index contributed by atoms with van der Waals surface area (Å²) in [5.74, 6) is 9.38. The van der Waals surface area contributed by atoms with Crippen LogP contribution >= 0.6 is 0 Å². The Hall–Kier alpha value is -5.14. The number of aryl methyl sites for hydroxylation is 1. The zero-order valence-corrected chi connectivity index (χ0v) is 42.1. The summed E-state index contributed by atoms with van der Waals surface area (Å²) in [7, 11) is 0. The van der Waals surface area contributed by atoms with Gasteiger partial charge in [-0.2, -0.15) is 0 Å². The quantitative estimate of drug-likeness (QED) is 0.107. The van der Waals surface area contributed by atoms with Gasteiger partial charge < -0.3 is 8.98 Å². The molecule has 4 aromatic heterocycles. The van der Waals surface area contributed by atoms with Crippen LogP contribution in [-0.4, -0.2) is 32.8 Å². The molecule has 0 aliphatic heterocycles. The molecule has 317 valence electrons. The predicted octanol–water partition coefficient (Wildman–Crippen LogP) is 14.3. The van der Waals surface area contributed by atoms with Crippen molar-refractivity contribution in [1.29, 1.82) is 0 Å². The molecule has 5 nitrogen and oxygen atoms in total. The van der Waals surface area contributed by atoms with Crippen LogP contribution in [0.25, 0.3) is 72.6 Å². The molecule has 0 atom stereocenters. The van der Waals surface area contributed by atoms with Gasteiger partial charge in [0.2, 0.25) is 0 Å². The summed E-state index contributed by atoms with van der Waals surface area (Å²) >= 11 is -1.86. The van der Waals surface area contributed by atoms with Crippen molar-refractivity contribution in [3.8, 4) is 39.5 Å². The largest absolute Gasteiger partial charge is 0.513 e. The van der Waals surface area contributed by atoms with Crippen molar-refractivity contribution in [3.63, 3.8) is 0 Å². The van der Waals surface area contributed by atoms with E-state index in [2.05, 4.69) is 167 Å². The van der Waals surface area contributed by atoms with Gasteiger partial charge in [0.05, 0.1) is 22.1 Å². The first kappa shape index (κ1) is 44.9. The van der Waals surface area contributed by atoms with E-state index < -0.39 is 13.3 Å². The Balaban J connectivity index is 0.000000233. The average Bonchev–Trinajstić information content (AvgIpc) is 3.83. The molecule has 62 heavy (non-hydrogen) atoms. The second kappa shape index (κ2) is 18.7. The number of furan rings is 1. The number of hydrogen-bond donors (Lipinski definition) is 0. The van der Waals surface area contributed by atoms with Crippen molar-refractivity contribution >= 4 is 50.8 Å². The van der Waals surface area contributed by atoms with Crippen LogP contribution in [0.2, 0.25) is 17.3 Å². The molecule has 0 saturated heterocycles. The van der Waals surface area contributed by atoms with E-state index in [0.717, 1.165) is 62.1 Å². The molecule has 0 N–H and O–H groups in total. The molecule has 0 amide bonds. The van der Waals surface area contributed by atoms with Crippen molar-refractivity contribution in [2.24, 2.45) is 5.92 Å². The summed E-state index contributed by atoms with van der Waals surface area (Å²) in [5.41, 5.74) is 16.2. The second-order valence-electron chi connectivity index (χ2n) is 18.3. The molecular formula is C55H56GeIrN4O-2. The standard InChI is InChI=1S/C37H32N3O.C18H24GeN.Ir/c1-22(2)28-20-26(25-13-7-6-8-14-25)21-29(23(3)4)35(28)40-31-16-10-9-15-30(31)39-37(40)27-18-19-38-34-33-24(5)12-11-17-32(33)41-36(27)34;1-14(2)11-16-12-18(15-9-7-6-8-10-15)20-13-17(16)19(3,4)5;/h6-17,19-23H,1-5H3;6-9,12-14H,11H2,1-5H3;/q2*-1;. The third-order valence-electron chi connectivity index (χ3n) is 11.5. The van der Waals surface area contributed by atoms with Gasteiger partial charge in [0, 0.05) is 37.0 Å². The van der Waals surface area contributed by atoms with Gasteiger partial charge in [0.1, 0.15) is 5.58 Å². The predicted molar refractivity (Wildman–Crippen MR) is 259 cm³/mol. The van der Waals surface area contributed by atoms with Gasteiger partial charge in [-0.25, -0.2) is 0 Å². The third kappa shape index (κ3) is 9.02. The summed E-state index contributed by atoms with van der Waals surface area (Å²) in [6.45, 7) is 15.8. The van der Waals surface area contributed by atoms with Crippen LogP contribution < -0.4 is 4.40 Å². The number of aromatic nitrogens is 4. The molecule has 9 rings (SSSR count). The molecule has 7 heteroatoms. The monoisotopic (exact) mass is 1060 g/mol. The summed E-state index contributed by atoms with van der Waals surface area (Å²) in [5, 5.41) is 1.04.